The van der Waals surface area contributed by atoms with Gasteiger partial charge >= 0.3 is 5.97 Å². The normalized spacial score (nSPS) is 21.2. The molecule has 0 aliphatic carbocycles. The van der Waals surface area contributed by atoms with Crippen LogP contribution in [0.3, 0.4) is 0 Å². The van der Waals surface area contributed by atoms with Crippen LogP contribution in [0.25, 0.3) is 17.0 Å². The number of para-hydroxylation sites is 1. The summed E-state index contributed by atoms with van der Waals surface area (Å²) in [5.41, 5.74) is 8.39. The molecule has 3 heterocycles. The lowest BCUT2D eigenvalue weighted by molar-refractivity contribution is -0.114. The van der Waals surface area contributed by atoms with Gasteiger partial charge in [0.15, 0.2) is 15.7 Å². The van der Waals surface area contributed by atoms with E-state index in [0.717, 1.165) is 21.5 Å². The molecular weight excluding hydrogens is 444 g/mol. The van der Waals surface area contributed by atoms with Crippen LogP contribution in [0.5, 0.6) is 0 Å². The van der Waals surface area contributed by atoms with Crippen LogP contribution in [-0.2, 0) is 14.6 Å². The first kappa shape index (κ1) is 21.0. The number of sulfone groups is 1. The number of carboxylic acid groups (broad SMARTS) is 1. The molecule has 5 rings (SSSR count). The number of nitrogens with two attached hydrogens (primary N) is 1. The first-order valence-electron chi connectivity index (χ1n) is 10.3. The van der Waals surface area contributed by atoms with Gasteiger partial charge < -0.3 is 15.4 Å². The molecule has 0 spiro atoms. The summed E-state index contributed by atoms with van der Waals surface area (Å²) in [5.74, 6) is -1.21. The number of fused-ring (bicyclic) bond motifs is 1. The smallest absolute Gasteiger partial charge is 0.335 e. The Morgan fingerprint density at radius 1 is 1.15 bits per heavy atom. The van der Waals surface area contributed by atoms with Crippen LogP contribution in [0.4, 0.5) is 5.69 Å². The van der Waals surface area contributed by atoms with Crippen molar-refractivity contribution in [2.75, 3.05) is 16.5 Å². The van der Waals surface area contributed by atoms with E-state index in [0.29, 0.717) is 12.1 Å². The summed E-state index contributed by atoms with van der Waals surface area (Å²) < 4.78 is 26.0. The van der Waals surface area contributed by atoms with Gasteiger partial charge in [-0.25, -0.2) is 13.2 Å². The molecule has 1 atom stereocenters. The summed E-state index contributed by atoms with van der Waals surface area (Å²) in [4.78, 5) is 24.2. The van der Waals surface area contributed by atoms with Crippen LogP contribution >= 0.6 is 0 Å². The van der Waals surface area contributed by atoms with Crippen molar-refractivity contribution in [2.45, 2.75) is 12.5 Å². The molecule has 3 N–H and O–H groups in total. The summed E-state index contributed by atoms with van der Waals surface area (Å²) in [6.07, 6.45) is 4.06. The van der Waals surface area contributed by atoms with Crippen molar-refractivity contribution in [1.82, 2.24) is 4.57 Å². The van der Waals surface area contributed by atoms with E-state index in [1.807, 2.05) is 35.0 Å². The fourth-order valence-electron chi connectivity index (χ4n) is 4.29. The van der Waals surface area contributed by atoms with E-state index in [9.17, 15) is 18.0 Å². The SMILES string of the molecule is NC1=NN(c2ccc(C(=O)O)cc2)C(=O)/C1=C\c1cn(C2CCS(=O)(=O)C2)c2ccccc12. The average Bonchev–Trinajstić information content (AvgIpc) is 3.43. The van der Waals surface area contributed by atoms with E-state index in [1.165, 1.54) is 24.3 Å². The zero-order valence-electron chi connectivity index (χ0n) is 17.4. The Morgan fingerprint density at radius 2 is 1.88 bits per heavy atom. The maximum absolute atomic E-state index is 13.1. The van der Waals surface area contributed by atoms with Crippen molar-refractivity contribution in [2.24, 2.45) is 10.8 Å². The number of anilines is 1. The van der Waals surface area contributed by atoms with E-state index >= 15 is 0 Å². The number of hydrazone groups is 1. The minimum Gasteiger partial charge on any atom is -0.478 e. The van der Waals surface area contributed by atoms with Crippen LogP contribution in [0.15, 0.2) is 65.4 Å². The predicted molar refractivity (Wildman–Crippen MR) is 125 cm³/mol. The largest absolute Gasteiger partial charge is 0.478 e. The molecular formula is C23H20N4O5S. The van der Waals surface area contributed by atoms with Crippen LogP contribution in [0.1, 0.15) is 28.4 Å². The van der Waals surface area contributed by atoms with Gasteiger partial charge in [-0.3, -0.25) is 4.79 Å². The molecule has 9 nitrogen and oxygen atoms in total. The first-order valence-corrected chi connectivity index (χ1v) is 12.1. The van der Waals surface area contributed by atoms with E-state index in [4.69, 9.17) is 10.8 Å². The van der Waals surface area contributed by atoms with Gasteiger partial charge in [-0.05, 0) is 42.8 Å². The summed E-state index contributed by atoms with van der Waals surface area (Å²) in [7, 11) is -3.06. The van der Waals surface area contributed by atoms with E-state index in [2.05, 4.69) is 5.10 Å². The molecule has 0 saturated carbocycles. The topological polar surface area (TPSA) is 135 Å². The second kappa shape index (κ2) is 7.59. The maximum atomic E-state index is 13.1. The summed E-state index contributed by atoms with van der Waals surface area (Å²) in [6, 6.07) is 13.2. The highest BCUT2D eigenvalue weighted by atomic mass is 32.2. The van der Waals surface area contributed by atoms with Crippen molar-refractivity contribution in [3.8, 4) is 0 Å². The number of aromatic carboxylic acids is 1. The van der Waals surface area contributed by atoms with Crippen LogP contribution in [-0.4, -0.2) is 47.3 Å². The number of hydrogen-bond acceptors (Lipinski definition) is 6. The Hall–Kier alpha value is -3.92. The molecule has 2 aliphatic rings. The van der Waals surface area contributed by atoms with Gasteiger partial charge in [0.2, 0.25) is 0 Å². The lowest BCUT2D eigenvalue weighted by atomic mass is 10.1. The molecule has 2 aliphatic heterocycles. The zero-order chi connectivity index (χ0) is 23.3. The third kappa shape index (κ3) is 3.68. The second-order valence-corrected chi connectivity index (χ2v) is 10.3. The molecule has 1 unspecified atom stereocenters. The standard InChI is InChI=1S/C23H20N4O5S/c24-21-19(22(28)27(25-21)16-7-5-14(6-8-16)23(29)30)11-15-12-26(17-9-10-33(31,32)13-17)20-4-2-1-3-18(15)20/h1-8,11-12,17H,9-10,13H2,(H2,24,25)(H,29,30)/b19-11-. The third-order valence-electron chi connectivity index (χ3n) is 5.94. The van der Waals surface area contributed by atoms with Crippen LogP contribution in [0, 0.1) is 0 Å². The lowest BCUT2D eigenvalue weighted by Gasteiger charge is -2.11. The Bertz CT molecular complexity index is 1470. The highest BCUT2D eigenvalue weighted by molar-refractivity contribution is 7.91. The zero-order valence-corrected chi connectivity index (χ0v) is 18.2. The highest BCUT2D eigenvalue weighted by Gasteiger charge is 2.32. The van der Waals surface area contributed by atoms with Gasteiger partial charge in [-0.15, -0.1) is 5.10 Å². The van der Waals surface area contributed by atoms with Gasteiger partial charge in [-0.2, -0.15) is 5.01 Å². The highest BCUT2D eigenvalue weighted by Crippen LogP contribution is 2.33. The van der Waals surface area contributed by atoms with Crippen molar-refractivity contribution in [3.05, 3.63) is 71.4 Å². The molecule has 168 valence electrons. The third-order valence-corrected chi connectivity index (χ3v) is 7.69. The fraction of sp³-hybridized carbons (Fsp3) is 0.174. The van der Waals surface area contributed by atoms with Crippen molar-refractivity contribution < 1.29 is 23.1 Å². The van der Waals surface area contributed by atoms with E-state index in [1.54, 1.807) is 6.08 Å². The molecule has 2 aromatic carbocycles. The first-order chi connectivity index (χ1) is 15.7. The van der Waals surface area contributed by atoms with E-state index < -0.39 is 21.7 Å². The Morgan fingerprint density at radius 3 is 2.55 bits per heavy atom. The second-order valence-electron chi connectivity index (χ2n) is 8.08. The predicted octanol–water partition coefficient (Wildman–Crippen LogP) is 2.40. The minimum atomic E-state index is -3.06. The molecule has 1 fully saturated rings. The Labute approximate surface area is 189 Å². The molecule has 10 heteroatoms. The maximum Gasteiger partial charge on any atom is 0.335 e. The van der Waals surface area contributed by atoms with Crippen LogP contribution < -0.4 is 10.7 Å². The average molecular weight is 465 g/mol. The summed E-state index contributed by atoms with van der Waals surface area (Å²) in [6.45, 7) is 0. The van der Waals surface area contributed by atoms with Gasteiger partial charge in [0.25, 0.3) is 5.91 Å². The quantitative estimate of drug-likeness (QED) is 0.569. The number of rotatable bonds is 4. The number of amides is 1. The number of carbonyl (C=O) groups excluding carboxylic acids is 1. The monoisotopic (exact) mass is 464 g/mol. The minimum absolute atomic E-state index is 0.0441. The lowest BCUT2D eigenvalue weighted by Crippen LogP contribution is -2.22. The number of benzene rings is 2. The molecule has 0 radical (unpaired) electrons. The number of carboxylic acids is 1. The number of amidine groups is 1. The number of nitrogens with zero attached hydrogens (tertiary/aromatic N) is 3. The Balaban J connectivity index is 1.52. The molecule has 0 bridgehead atoms. The van der Waals surface area contributed by atoms with Crippen molar-refractivity contribution in [1.29, 1.82) is 0 Å². The van der Waals surface area contributed by atoms with E-state index in [-0.39, 0.29) is 34.5 Å². The van der Waals surface area contributed by atoms with Crippen LogP contribution in [0.2, 0.25) is 0 Å². The van der Waals surface area contributed by atoms with Crippen molar-refractivity contribution >= 4 is 50.2 Å². The molecule has 33 heavy (non-hydrogen) atoms. The Kier molecular flexibility index (Phi) is 4.82. The summed E-state index contributed by atoms with van der Waals surface area (Å²) >= 11 is 0. The summed E-state index contributed by atoms with van der Waals surface area (Å²) in [5, 5.41) is 15.2. The number of hydrogen-bond donors (Lipinski definition) is 2. The number of aromatic nitrogens is 1. The fourth-order valence-corrected chi connectivity index (χ4v) is 6.00. The molecule has 1 amide bonds. The van der Waals surface area contributed by atoms with Gasteiger partial charge in [0.05, 0.1) is 28.3 Å². The van der Waals surface area contributed by atoms with Gasteiger partial charge in [0.1, 0.15) is 0 Å². The van der Waals surface area contributed by atoms with Crippen molar-refractivity contribution in [3.63, 3.8) is 0 Å². The molecule has 1 saturated heterocycles. The molecule has 1 aromatic heterocycles. The van der Waals surface area contributed by atoms with Gasteiger partial charge in [-0.1, -0.05) is 18.2 Å². The van der Waals surface area contributed by atoms with Gasteiger partial charge in [0, 0.05) is 28.7 Å². The molecule has 3 aromatic rings. The number of carbonyl (C=O) groups is 2.